The molecule has 4 rings (SSSR count). The number of nitrogens with one attached hydrogen (secondary N) is 1. The third-order valence-corrected chi connectivity index (χ3v) is 9.45. The monoisotopic (exact) mass is 642 g/mol. The maximum atomic E-state index is 14.5. The van der Waals surface area contributed by atoms with Crippen molar-refractivity contribution in [3.63, 3.8) is 0 Å². The standard InChI is InChI=1S/C35H38N4O6S/c1-3-4-23-36-35(41)33(24-28-14-7-5-8-15-28)37(25-29-16-12-11-13-27(29)2)34(40)26-38(30-19-21-31(22-20-30)39(42)43)46(44,45)32-17-9-6-10-18-32/h5-22,33H,3-4,23-26H2,1-2H3,(H,36,41)/t33-/m1/s1. The van der Waals surface area contributed by atoms with Gasteiger partial charge in [0.15, 0.2) is 0 Å². The van der Waals surface area contributed by atoms with Crippen molar-refractivity contribution in [1.82, 2.24) is 10.2 Å². The predicted octanol–water partition coefficient (Wildman–Crippen LogP) is 5.65. The Morgan fingerprint density at radius 1 is 0.870 bits per heavy atom. The molecule has 0 heterocycles. The summed E-state index contributed by atoms with van der Waals surface area (Å²) in [6.07, 6.45) is 1.84. The maximum absolute atomic E-state index is 14.5. The van der Waals surface area contributed by atoms with Gasteiger partial charge in [0.25, 0.3) is 15.7 Å². The van der Waals surface area contributed by atoms with Gasteiger partial charge in [-0.25, -0.2) is 8.42 Å². The average molecular weight is 643 g/mol. The molecule has 0 unspecified atom stereocenters. The van der Waals surface area contributed by atoms with Gasteiger partial charge < -0.3 is 10.2 Å². The van der Waals surface area contributed by atoms with Crippen molar-refractivity contribution in [3.05, 3.63) is 136 Å². The minimum Gasteiger partial charge on any atom is -0.354 e. The lowest BCUT2D eigenvalue weighted by atomic mass is 10.0. The van der Waals surface area contributed by atoms with Crippen molar-refractivity contribution >= 4 is 33.2 Å². The molecule has 46 heavy (non-hydrogen) atoms. The first-order chi connectivity index (χ1) is 22.1. The van der Waals surface area contributed by atoms with E-state index >= 15 is 0 Å². The molecule has 0 aliphatic carbocycles. The van der Waals surface area contributed by atoms with E-state index in [4.69, 9.17) is 0 Å². The summed E-state index contributed by atoms with van der Waals surface area (Å²) in [4.78, 5) is 40.4. The topological polar surface area (TPSA) is 130 Å². The van der Waals surface area contributed by atoms with Crippen molar-refractivity contribution in [3.8, 4) is 0 Å². The molecule has 1 N–H and O–H groups in total. The van der Waals surface area contributed by atoms with Crippen LogP contribution in [0.25, 0.3) is 0 Å². The summed E-state index contributed by atoms with van der Waals surface area (Å²) < 4.78 is 29.0. The first kappa shape index (κ1) is 33.9. The number of nitro groups is 1. The number of nitro benzene ring substituents is 1. The number of non-ortho nitro benzene ring substituents is 1. The number of nitrogens with zero attached hydrogens (tertiary/aromatic N) is 3. The second kappa shape index (κ2) is 15.8. The zero-order valence-corrected chi connectivity index (χ0v) is 26.7. The number of hydrogen-bond acceptors (Lipinski definition) is 6. The van der Waals surface area contributed by atoms with Crippen LogP contribution >= 0.6 is 0 Å². The van der Waals surface area contributed by atoms with Crippen LogP contribution in [-0.4, -0.2) is 49.2 Å². The summed E-state index contributed by atoms with van der Waals surface area (Å²) in [6.45, 7) is 3.78. The van der Waals surface area contributed by atoms with Crippen LogP contribution < -0.4 is 9.62 Å². The largest absolute Gasteiger partial charge is 0.354 e. The first-order valence-corrected chi connectivity index (χ1v) is 16.5. The van der Waals surface area contributed by atoms with Crippen LogP contribution in [0.2, 0.25) is 0 Å². The van der Waals surface area contributed by atoms with Gasteiger partial charge in [0, 0.05) is 31.6 Å². The van der Waals surface area contributed by atoms with Crippen molar-refractivity contribution < 1.29 is 22.9 Å². The molecule has 0 radical (unpaired) electrons. The van der Waals surface area contributed by atoms with Crippen LogP contribution in [0.1, 0.15) is 36.5 Å². The fraction of sp³-hybridized carbons (Fsp3) is 0.257. The van der Waals surface area contributed by atoms with Gasteiger partial charge in [0.2, 0.25) is 11.8 Å². The lowest BCUT2D eigenvalue weighted by Crippen LogP contribution is -2.53. The molecule has 0 saturated carbocycles. The number of rotatable bonds is 15. The summed E-state index contributed by atoms with van der Waals surface area (Å²) >= 11 is 0. The molecule has 0 fully saturated rings. The van der Waals surface area contributed by atoms with Crippen LogP contribution in [0.4, 0.5) is 11.4 Å². The second-order valence-corrected chi connectivity index (χ2v) is 12.8. The molecule has 240 valence electrons. The molecular formula is C35H38N4O6S. The first-order valence-electron chi connectivity index (χ1n) is 15.1. The third-order valence-electron chi connectivity index (χ3n) is 7.66. The van der Waals surface area contributed by atoms with Crippen LogP contribution in [0.3, 0.4) is 0 Å². The van der Waals surface area contributed by atoms with E-state index in [-0.39, 0.29) is 35.1 Å². The highest BCUT2D eigenvalue weighted by molar-refractivity contribution is 7.92. The zero-order chi connectivity index (χ0) is 33.1. The molecule has 0 saturated heterocycles. The molecule has 11 heteroatoms. The van der Waals surface area contributed by atoms with E-state index in [0.717, 1.165) is 33.8 Å². The molecule has 0 bridgehead atoms. The van der Waals surface area contributed by atoms with E-state index in [2.05, 4.69) is 5.32 Å². The SMILES string of the molecule is CCCCNC(=O)[C@@H](Cc1ccccc1)N(Cc1ccccc1C)C(=O)CN(c1ccc([N+](=O)[O-])cc1)S(=O)(=O)c1ccccc1. The van der Waals surface area contributed by atoms with Gasteiger partial charge in [-0.15, -0.1) is 0 Å². The fourth-order valence-corrected chi connectivity index (χ4v) is 6.46. The molecule has 4 aromatic rings. The number of unbranched alkanes of at least 4 members (excludes halogenated alkanes) is 1. The van der Waals surface area contributed by atoms with Gasteiger partial charge in [0.1, 0.15) is 12.6 Å². The Bertz CT molecular complexity index is 1730. The quantitative estimate of drug-likeness (QED) is 0.101. The highest BCUT2D eigenvalue weighted by atomic mass is 32.2. The van der Waals surface area contributed by atoms with Crippen LogP contribution in [0.15, 0.2) is 114 Å². The van der Waals surface area contributed by atoms with Crippen LogP contribution in [0.5, 0.6) is 0 Å². The summed E-state index contributed by atoms with van der Waals surface area (Å²) in [5, 5.41) is 14.3. The van der Waals surface area contributed by atoms with Gasteiger partial charge in [-0.1, -0.05) is 86.1 Å². The molecule has 0 spiro atoms. The number of anilines is 1. The van der Waals surface area contributed by atoms with Gasteiger partial charge in [-0.05, 0) is 54.3 Å². The number of amides is 2. The number of sulfonamides is 1. The predicted molar refractivity (Wildman–Crippen MR) is 178 cm³/mol. The van der Waals surface area contributed by atoms with Crippen molar-refractivity contribution in [1.29, 1.82) is 0 Å². The molecule has 2 amide bonds. The van der Waals surface area contributed by atoms with E-state index in [0.29, 0.717) is 6.54 Å². The summed E-state index contributed by atoms with van der Waals surface area (Å²) in [5.41, 5.74) is 2.41. The summed E-state index contributed by atoms with van der Waals surface area (Å²) in [5.74, 6) is -0.945. The highest BCUT2D eigenvalue weighted by Gasteiger charge is 2.34. The fourth-order valence-electron chi connectivity index (χ4n) is 5.02. The lowest BCUT2D eigenvalue weighted by Gasteiger charge is -2.34. The zero-order valence-electron chi connectivity index (χ0n) is 25.9. The lowest BCUT2D eigenvalue weighted by molar-refractivity contribution is -0.384. The average Bonchev–Trinajstić information content (AvgIpc) is 3.06. The normalized spacial score (nSPS) is 11.8. The minimum absolute atomic E-state index is 0.0512. The molecule has 10 nitrogen and oxygen atoms in total. The number of benzene rings is 4. The van der Waals surface area contributed by atoms with Gasteiger partial charge in [0.05, 0.1) is 15.5 Å². The van der Waals surface area contributed by atoms with Gasteiger partial charge in [-0.3, -0.25) is 24.0 Å². The van der Waals surface area contributed by atoms with E-state index < -0.39 is 33.4 Å². The smallest absolute Gasteiger partial charge is 0.269 e. The number of hydrogen-bond donors (Lipinski definition) is 1. The molecule has 0 aliphatic rings. The molecule has 0 aromatic heterocycles. The summed E-state index contributed by atoms with van der Waals surface area (Å²) in [6, 6.07) is 28.6. The second-order valence-electron chi connectivity index (χ2n) is 10.9. The molecule has 4 aromatic carbocycles. The molecule has 1 atom stereocenters. The maximum Gasteiger partial charge on any atom is 0.269 e. The Kier molecular flexibility index (Phi) is 11.6. The summed E-state index contributed by atoms with van der Waals surface area (Å²) in [7, 11) is -4.30. The Labute approximate surface area is 269 Å². The minimum atomic E-state index is -4.30. The van der Waals surface area contributed by atoms with Crippen LogP contribution in [0, 0.1) is 17.0 Å². The molecular weight excluding hydrogens is 604 g/mol. The number of aryl methyl sites for hydroxylation is 1. The van der Waals surface area contributed by atoms with Crippen LogP contribution in [-0.2, 0) is 32.6 Å². The van der Waals surface area contributed by atoms with E-state index in [9.17, 15) is 28.1 Å². The highest BCUT2D eigenvalue weighted by Crippen LogP contribution is 2.27. The Morgan fingerprint density at radius 2 is 1.48 bits per heavy atom. The van der Waals surface area contributed by atoms with Crippen molar-refractivity contribution in [2.45, 2.75) is 50.6 Å². The number of carbonyl (C=O) groups is 2. The van der Waals surface area contributed by atoms with Crippen molar-refractivity contribution in [2.24, 2.45) is 0 Å². The van der Waals surface area contributed by atoms with E-state index in [1.54, 1.807) is 18.2 Å². The Morgan fingerprint density at radius 3 is 2.09 bits per heavy atom. The van der Waals surface area contributed by atoms with Gasteiger partial charge >= 0.3 is 0 Å². The van der Waals surface area contributed by atoms with Gasteiger partial charge in [-0.2, -0.15) is 0 Å². The molecule has 0 aliphatic heterocycles. The van der Waals surface area contributed by atoms with E-state index in [1.807, 2.05) is 68.4 Å². The Hall–Kier alpha value is -5.03. The van der Waals surface area contributed by atoms with E-state index in [1.165, 1.54) is 41.3 Å². The van der Waals surface area contributed by atoms with Crippen molar-refractivity contribution in [2.75, 3.05) is 17.4 Å². The third kappa shape index (κ3) is 8.57. The number of carbonyl (C=O) groups excluding carboxylic acids is 2. The Balaban J connectivity index is 1.80.